The highest BCUT2D eigenvalue weighted by Gasteiger charge is 2.39. The van der Waals surface area contributed by atoms with Crippen LogP contribution in [0.3, 0.4) is 0 Å². The zero-order valence-electron chi connectivity index (χ0n) is 9.64. The van der Waals surface area contributed by atoms with Crippen LogP contribution in [0.1, 0.15) is 53.4 Å². The van der Waals surface area contributed by atoms with Gasteiger partial charge in [0.25, 0.3) is 0 Å². The lowest BCUT2D eigenvalue weighted by atomic mass is 9.70. The number of hydrogen-bond acceptors (Lipinski definition) is 1. The Kier molecular flexibility index (Phi) is 3.39. The molecule has 1 fully saturated rings. The van der Waals surface area contributed by atoms with Crippen LogP contribution in [0.25, 0.3) is 0 Å². The smallest absolute Gasteiger partial charge is 0.00443 e. The van der Waals surface area contributed by atoms with Crippen molar-refractivity contribution in [2.24, 2.45) is 23.0 Å². The first-order chi connectivity index (χ1) is 5.99. The highest BCUT2D eigenvalue weighted by molar-refractivity contribution is 4.92. The lowest BCUT2D eigenvalue weighted by Gasteiger charge is -2.35. The molecule has 0 bridgehead atoms. The van der Waals surface area contributed by atoms with Crippen molar-refractivity contribution in [2.45, 2.75) is 59.4 Å². The maximum atomic E-state index is 5.99. The topological polar surface area (TPSA) is 26.0 Å². The Balaban J connectivity index is 2.59. The van der Waals surface area contributed by atoms with Gasteiger partial charge in [-0.25, -0.2) is 0 Å². The molecule has 0 heterocycles. The molecule has 2 N–H and O–H groups in total. The SMILES string of the molecule is CCC(C)C(C)C1(C)CCC(N)C1. The maximum absolute atomic E-state index is 5.99. The van der Waals surface area contributed by atoms with Crippen LogP contribution in [-0.2, 0) is 0 Å². The molecular formula is C12H25N. The molecule has 0 radical (unpaired) electrons. The summed E-state index contributed by atoms with van der Waals surface area (Å²) in [6, 6.07) is 0.469. The van der Waals surface area contributed by atoms with E-state index in [0.29, 0.717) is 11.5 Å². The molecule has 1 nitrogen and oxygen atoms in total. The fraction of sp³-hybridized carbons (Fsp3) is 1.00. The molecule has 4 atom stereocenters. The summed E-state index contributed by atoms with van der Waals surface area (Å²) < 4.78 is 0. The summed E-state index contributed by atoms with van der Waals surface area (Å²) in [4.78, 5) is 0. The maximum Gasteiger partial charge on any atom is 0.00443 e. The van der Waals surface area contributed by atoms with Crippen molar-refractivity contribution in [3.63, 3.8) is 0 Å². The van der Waals surface area contributed by atoms with E-state index in [1.54, 1.807) is 0 Å². The van der Waals surface area contributed by atoms with Crippen molar-refractivity contribution in [2.75, 3.05) is 0 Å². The van der Waals surface area contributed by atoms with Gasteiger partial charge in [-0.3, -0.25) is 0 Å². The molecule has 0 spiro atoms. The van der Waals surface area contributed by atoms with Crippen molar-refractivity contribution in [1.29, 1.82) is 0 Å². The van der Waals surface area contributed by atoms with E-state index in [2.05, 4.69) is 27.7 Å². The second kappa shape index (κ2) is 4.00. The highest BCUT2D eigenvalue weighted by atomic mass is 14.7. The third-order valence-electron chi connectivity index (χ3n) is 4.41. The quantitative estimate of drug-likeness (QED) is 0.714. The predicted molar refractivity (Wildman–Crippen MR) is 58.6 cm³/mol. The van der Waals surface area contributed by atoms with Gasteiger partial charge in [0.15, 0.2) is 0 Å². The zero-order valence-corrected chi connectivity index (χ0v) is 9.64. The average molecular weight is 183 g/mol. The normalized spacial score (nSPS) is 39.0. The van der Waals surface area contributed by atoms with Gasteiger partial charge in [-0.2, -0.15) is 0 Å². The van der Waals surface area contributed by atoms with Crippen molar-refractivity contribution in [1.82, 2.24) is 0 Å². The molecule has 0 aromatic carbocycles. The molecule has 1 aliphatic carbocycles. The van der Waals surface area contributed by atoms with Crippen LogP contribution < -0.4 is 5.73 Å². The fourth-order valence-corrected chi connectivity index (χ4v) is 2.77. The summed E-state index contributed by atoms with van der Waals surface area (Å²) in [7, 11) is 0. The van der Waals surface area contributed by atoms with Crippen LogP contribution in [0.15, 0.2) is 0 Å². The van der Waals surface area contributed by atoms with Gasteiger partial charge in [0.2, 0.25) is 0 Å². The minimum Gasteiger partial charge on any atom is -0.328 e. The summed E-state index contributed by atoms with van der Waals surface area (Å²) in [6.45, 7) is 9.50. The Bertz CT molecular complexity index is 167. The van der Waals surface area contributed by atoms with Gasteiger partial charge >= 0.3 is 0 Å². The van der Waals surface area contributed by atoms with Crippen LogP contribution in [-0.4, -0.2) is 6.04 Å². The van der Waals surface area contributed by atoms with Crippen LogP contribution in [0.2, 0.25) is 0 Å². The summed E-state index contributed by atoms with van der Waals surface area (Å²) in [5.74, 6) is 1.67. The second-order valence-corrected chi connectivity index (χ2v) is 5.33. The Labute approximate surface area is 83.1 Å². The molecular weight excluding hydrogens is 158 g/mol. The van der Waals surface area contributed by atoms with E-state index in [1.807, 2.05) is 0 Å². The minimum absolute atomic E-state index is 0.469. The first kappa shape index (κ1) is 11.0. The van der Waals surface area contributed by atoms with Crippen LogP contribution >= 0.6 is 0 Å². The molecule has 0 saturated heterocycles. The molecule has 0 amide bonds. The Morgan fingerprint density at radius 3 is 2.46 bits per heavy atom. The Morgan fingerprint density at radius 2 is 2.08 bits per heavy atom. The molecule has 0 aliphatic heterocycles. The molecule has 1 saturated carbocycles. The summed E-state index contributed by atoms with van der Waals surface area (Å²) in [5.41, 5.74) is 6.51. The molecule has 1 aliphatic rings. The van der Waals surface area contributed by atoms with Gasteiger partial charge in [-0.05, 0) is 36.5 Å². The molecule has 78 valence electrons. The number of hydrogen-bond donors (Lipinski definition) is 1. The summed E-state index contributed by atoms with van der Waals surface area (Å²) in [6.07, 6.45) is 5.10. The van der Waals surface area contributed by atoms with E-state index in [-0.39, 0.29) is 0 Å². The van der Waals surface area contributed by atoms with Crippen molar-refractivity contribution < 1.29 is 0 Å². The first-order valence-electron chi connectivity index (χ1n) is 5.75. The highest BCUT2D eigenvalue weighted by Crippen LogP contribution is 2.46. The standard InChI is InChI=1S/C12H25N/c1-5-9(2)10(3)12(4)7-6-11(13)8-12/h9-11H,5-8,13H2,1-4H3. The second-order valence-electron chi connectivity index (χ2n) is 5.33. The van der Waals surface area contributed by atoms with Crippen LogP contribution in [0.5, 0.6) is 0 Å². The van der Waals surface area contributed by atoms with Crippen LogP contribution in [0, 0.1) is 17.3 Å². The fourth-order valence-electron chi connectivity index (χ4n) is 2.77. The molecule has 1 rings (SSSR count). The third-order valence-corrected chi connectivity index (χ3v) is 4.41. The molecule has 4 unspecified atom stereocenters. The Hall–Kier alpha value is -0.0400. The van der Waals surface area contributed by atoms with E-state index in [0.717, 1.165) is 11.8 Å². The molecule has 0 aromatic heterocycles. The number of nitrogens with two attached hydrogens (primary N) is 1. The van der Waals surface area contributed by atoms with Gasteiger partial charge in [0.05, 0.1) is 0 Å². The lowest BCUT2D eigenvalue weighted by Crippen LogP contribution is -2.29. The molecule has 0 aromatic rings. The lowest BCUT2D eigenvalue weighted by molar-refractivity contribution is 0.145. The van der Waals surface area contributed by atoms with Gasteiger partial charge in [0.1, 0.15) is 0 Å². The molecule has 13 heavy (non-hydrogen) atoms. The van der Waals surface area contributed by atoms with Gasteiger partial charge < -0.3 is 5.73 Å². The van der Waals surface area contributed by atoms with E-state index < -0.39 is 0 Å². The van der Waals surface area contributed by atoms with Crippen molar-refractivity contribution in [3.05, 3.63) is 0 Å². The zero-order chi connectivity index (χ0) is 10.1. The predicted octanol–water partition coefficient (Wildman–Crippen LogP) is 3.19. The van der Waals surface area contributed by atoms with Crippen molar-refractivity contribution in [3.8, 4) is 0 Å². The van der Waals surface area contributed by atoms with E-state index in [9.17, 15) is 0 Å². The van der Waals surface area contributed by atoms with E-state index in [1.165, 1.54) is 25.7 Å². The monoisotopic (exact) mass is 183 g/mol. The summed E-state index contributed by atoms with van der Waals surface area (Å²) in [5, 5.41) is 0. The Morgan fingerprint density at radius 1 is 1.46 bits per heavy atom. The third kappa shape index (κ3) is 2.25. The van der Waals surface area contributed by atoms with E-state index in [4.69, 9.17) is 5.73 Å². The van der Waals surface area contributed by atoms with Gasteiger partial charge in [-0.1, -0.05) is 34.1 Å². The average Bonchev–Trinajstić information content (AvgIpc) is 2.45. The largest absolute Gasteiger partial charge is 0.328 e. The van der Waals surface area contributed by atoms with Crippen LogP contribution in [0.4, 0.5) is 0 Å². The number of rotatable bonds is 3. The van der Waals surface area contributed by atoms with Gasteiger partial charge in [-0.15, -0.1) is 0 Å². The van der Waals surface area contributed by atoms with Gasteiger partial charge in [0, 0.05) is 6.04 Å². The van der Waals surface area contributed by atoms with Crippen molar-refractivity contribution >= 4 is 0 Å². The minimum atomic E-state index is 0.469. The summed E-state index contributed by atoms with van der Waals surface area (Å²) >= 11 is 0. The molecule has 1 heteroatoms. The first-order valence-corrected chi connectivity index (χ1v) is 5.75. The van der Waals surface area contributed by atoms with E-state index >= 15 is 0 Å².